The van der Waals surface area contributed by atoms with Crippen molar-refractivity contribution in [3.05, 3.63) is 59.2 Å². The van der Waals surface area contributed by atoms with Crippen LogP contribution in [-0.2, 0) is 21.3 Å². The molecule has 1 fully saturated rings. The largest absolute Gasteiger partial charge is 0.492 e. The molecule has 1 amide bonds. The molecule has 0 saturated carbocycles. The number of aryl methyl sites for hydroxylation is 1. The molecule has 186 valence electrons. The molecule has 0 spiro atoms. The van der Waals surface area contributed by atoms with Crippen LogP contribution in [0.2, 0.25) is 0 Å². The lowest BCUT2D eigenvalue weighted by molar-refractivity contribution is 0.0322. The molecule has 1 saturated heterocycles. The van der Waals surface area contributed by atoms with E-state index in [-0.39, 0.29) is 10.8 Å². The van der Waals surface area contributed by atoms with Gasteiger partial charge in [-0.25, -0.2) is 8.42 Å². The second kappa shape index (κ2) is 12.3. The van der Waals surface area contributed by atoms with E-state index in [2.05, 4.69) is 10.2 Å². The minimum Gasteiger partial charge on any atom is -0.492 e. The van der Waals surface area contributed by atoms with Crippen molar-refractivity contribution in [2.45, 2.75) is 32.2 Å². The first-order valence-electron chi connectivity index (χ1n) is 11.8. The summed E-state index contributed by atoms with van der Waals surface area (Å²) in [5.41, 5.74) is 1.83. The van der Waals surface area contributed by atoms with E-state index in [0.717, 1.165) is 44.2 Å². The van der Waals surface area contributed by atoms with Crippen molar-refractivity contribution >= 4 is 15.9 Å². The second-order valence-electron chi connectivity index (χ2n) is 8.20. The molecule has 0 unspecified atom stereocenters. The van der Waals surface area contributed by atoms with Crippen molar-refractivity contribution in [2.75, 3.05) is 52.5 Å². The Kier molecular flexibility index (Phi) is 9.46. The highest BCUT2D eigenvalue weighted by Crippen LogP contribution is 2.21. The molecule has 2 aromatic rings. The smallest absolute Gasteiger partial charge is 0.251 e. The summed E-state index contributed by atoms with van der Waals surface area (Å²) in [6.07, 6.45) is 0. The number of nitrogens with one attached hydrogen (secondary N) is 1. The van der Waals surface area contributed by atoms with E-state index in [0.29, 0.717) is 37.4 Å². The molecule has 0 atom stereocenters. The molecule has 8 nitrogen and oxygen atoms in total. The van der Waals surface area contributed by atoms with E-state index in [1.54, 1.807) is 32.9 Å². The maximum Gasteiger partial charge on any atom is 0.251 e. The molecule has 1 heterocycles. The van der Waals surface area contributed by atoms with Gasteiger partial charge in [0.1, 0.15) is 12.4 Å². The molecule has 1 aliphatic heterocycles. The average molecular weight is 490 g/mol. The molecule has 0 aromatic heterocycles. The fourth-order valence-electron chi connectivity index (χ4n) is 3.87. The van der Waals surface area contributed by atoms with Gasteiger partial charge < -0.3 is 14.8 Å². The summed E-state index contributed by atoms with van der Waals surface area (Å²) in [6.45, 7) is 11.2. The van der Waals surface area contributed by atoms with E-state index in [9.17, 15) is 13.2 Å². The van der Waals surface area contributed by atoms with E-state index < -0.39 is 10.0 Å². The van der Waals surface area contributed by atoms with E-state index in [1.807, 2.05) is 24.3 Å². The van der Waals surface area contributed by atoms with Crippen molar-refractivity contribution in [1.82, 2.24) is 14.5 Å². The number of hydrogen-bond donors (Lipinski definition) is 1. The Labute approximate surface area is 202 Å². The van der Waals surface area contributed by atoms with E-state index in [1.165, 1.54) is 10.4 Å². The first-order valence-corrected chi connectivity index (χ1v) is 13.2. The Hall–Kier alpha value is -2.46. The summed E-state index contributed by atoms with van der Waals surface area (Å²) in [6, 6.07) is 12.4. The van der Waals surface area contributed by atoms with Gasteiger partial charge in [0.05, 0.1) is 18.1 Å². The highest BCUT2D eigenvalue weighted by atomic mass is 32.2. The van der Waals surface area contributed by atoms with Crippen LogP contribution in [0.5, 0.6) is 5.75 Å². The van der Waals surface area contributed by atoms with E-state index in [4.69, 9.17) is 9.47 Å². The van der Waals surface area contributed by atoms with Crippen LogP contribution in [0.1, 0.15) is 35.3 Å². The number of benzene rings is 2. The summed E-state index contributed by atoms with van der Waals surface area (Å²) in [5, 5.41) is 2.88. The summed E-state index contributed by atoms with van der Waals surface area (Å²) < 4.78 is 38.6. The number of carbonyl (C=O) groups is 1. The minimum absolute atomic E-state index is 0.166. The quantitative estimate of drug-likeness (QED) is 0.522. The van der Waals surface area contributed by atoms with Gasteiger partial charge in [0.2, 0.25) is 10.0 Å². The summed E-state index contributed by atoms with van der Waals surface area (Å²) >= 11 is 0. The molecular weight excluding hydrogens is 454 g/mol. The Balaban J connectivity index is 1.59. The van der Waals surface area contributed by atoms with Gasteiger partial charge in [0.25, 0.3) is 5.91 Å². The van der Waals surface area contributed by atoms with Crippen LogP contribution >= 0.6 is 0 Å². The maximum atomic E-state index is 13.0. The van der Waals surface area contributed by atoms with Crippen LogP contribution in [-0.4, -0.2) is 76.1 Å². The third-order valence-electron chi connectivity index (χ3n) is 5.91. The lowest BCUT2D eigenvalue weighted by Crippen LogP contribution is -2.38. The highest BCUT2D eigenvalue weighted by Gasteiger charge is 2.24. The highest BCUT2D eigenvalue weighted by molar-refractivity contribution is 7.89. The summed E-state index contributed by atoms with van der Waals surface area (Å²) in [5.74, 6) is 0.428. The Morgan fingerprint density at radius 1 is 1.12 bits per heavy atom. The molecule has 1 aliphatic rings. The zero-order chi connectivity index (χ0) is 24.6. The van der Waals surface area contributed by atoms with Gasteiger partial charge in [-0.05, 0) is 42.3 Å². The number of rotatable bonds is 11. The molecule has 2 aromatic carbocycles. The normalized spacial score (nSPS) is 14.8. The first-order chi connectivity index (χ1) is 16.3. The van der Waals surface area contributed by atoms with Crippen molar-refractivity contribution in [3.8, 4) is 5.75 Å². The molecule has 1 N–H and O–H groups in total. The number of amides is 1. The van der Waals surface area contributed by atoms with Crippen molar-refractivity contribution in [1.29, 1.82) is 0 Å². The number of carbonyl (C=O) groups excluding carboxylic acids is 1. The average Bonchev–Trinajstić information content (AvgIpc) is 2.84. The van der Waals surface area contributed by atoms with Crippen LogP contribution in [0.4, 0.5) is 0 Å². The standard InChI is InChI=1S/C25H35N3O5S/c1-4-28(5-2)34(30,31)24-18-22(10-9-20(24)3)25(29)26-19-21-7-6-8-23(17-21)33-16-13-27-11-14-32-15-12-27/h6-10,17-18H,4-5,11-16,19H2,1-3H3,(H,26,29). The number of sulfonamides is 1. The van der Waals surface area contributed by atoms with Crippen LogP contribution in [0.3, 0.4) is 0 Å². The van der Waals surface area contributed by atoms with Gasteiger partial charge in [-0.3, -0.25) is 9.69 Å². The van der Waals surface area contributed by atoms with Crippen molar-refractivity contribution in [3.63, 3.8) is 0 Å². The molecule has 3 rings (SSSR count). The first kappa shape index (κ1) is 26.2. The zero-order valence-electron chi connectivity index (χ0n) is 20.2. The van der Waals surface area contributed by atoms with Crippen LogP contribution in [0.25, 0.3) is 0 Å². The van der Waals surface area contributed by atoms with Gasteiger partial charge in [0.15, 0.2) is 0 Å². The Morgan fingerprint density at radius 3 is 2.56 bits per heavy atom. The monoisotopic (exact) mass is 489 g/mol. The maximum absolute atomic E-state index is 13.0. The van der Waals surface area contributed by atoms with Gasteiger partial charge in [-0.15, -0.1) is 0 Å². The SMILES string of the molecule is CCN(CC)S(=O)(=O)c1cc(C(=O)NCc2cccc(OCCN3CCOCC3)c2)ccc1C. The summed E-state index contributed by atoms with van der Waals surface area (Å²) in [7, 11) is -3.65. The predicted molar refractivity (Wildman–Crippen MR) is 132 cm³/mol. The third kappa shape index (κ3) is 6.79. The van der Waals surface area contributed by atoms with Crippen LogP contribution < -0.4 is 10.1 Å². The molecule has 0 bridgehead atoms. The molecule has 0 aliphatic carbocycles. The van der Waals surface area contributed by atoms with Crippen molar-refractivity contribution < 1.29 is 22.7 Å². The Morgan fingerprint density at radius 2 is 1.85 bits per heavy atom. The van der Waals surface area contributed by atoms with Gasteiger partial charge in [-0.2, -0.15) is 4.31 Å². The predicted octanol–water partition coefficient (Wildman–Crippen LogP) is 2.67. The second-order valence-corrected chi connectivity index (χ2v) is 10.1. The summed E-state index contributed by atoms with van der Waals surface area (Å²) in [4.78, 5) is 15.3. The molecular formula is C25H35N3O5S. The molecule has 0 radical (unpaired) electrons. The zero-order valence-corrected chi connectivity index (χ0v) is 21.1. The topological polar surface area (TPSA) is 88.2 Å². The van der Waals surface area contributed by atoms with Crippen LogP contribution in [0, 0.1) is 6.92 Å². The van der Waals surface area contributed by atoms with E-state index >= 15 is 0 Å². The minimum atomic E-state index is -3.65. The number of nitrogens with zero attached hydrogens (tertiary/aromatic N) is 2. The third-order valence-corrected chi connectivity index (χ3v) is 8.10. The number of morpholine rings is 1. The lowest BCUT2D eigenvalue weighted by Gasteiger charge is -2.26. The lowest BCUT2D eigenvalue weighted by atomic mass is 10.1. The van der Waals surface area contributed by atoms with Gasteiger partial charge in [-0.1, -0.05) is 32.0 Å². The number of hydrogen-bond acceptors (Lipinski definition) is 6. The fourth-order valence-corrected chi connectivity index (χ4v) is 5.58. The fraction of sp³-hybridized carbons (Fsp3) is 0.480. The van der Waals surface area contributed by atoms with Gasteiger partial charge >= 0.3 is 0 Å². The van der Waals surface area contributed by atoms with Crippen LogP contribution in [0.15, 0.2) is 47.4 Å². The molecule has 34 heavy (non-hydrogen) atoms. The molecule has 9 heteroatoms. The van der Waals surface area contributed by atoms with Gasteiger partial charge in [0, 0.05) is 44.8 Å². The van der Waals surface area contributed by atoms with Crippen molar-refractivity contribution in [2.24, 2.45) is 0 Å². The Bertz CT molecular complexity index is 1060. The number of ether oxygens (including phenoxy) is 2.